The first-order valence-electron chi connectivity index (χ1n) is 6.58. The Balaban J connectivity index is 1.82. The van der Waals surface area contributed by atoms with Crippen molar-refractivity contribution in [1.82, 2.24) is 9.97 Å². The number of aromatic nitrogens is 2. The Morgan fingerprint density at radius 1 is 1.10 bits per heavy atom. The number of benzene rings is 1. The van der Waals surface area contributed by atoms with E-state index < -0.39 is 0 Å². The van der Waals surface area contributed by atoms with Crippen molar-refractivity contribution in [2.24, 2.45) is 5.73 Å². The zero-order valence-electron chi connectivity index (χ0n) is 11.3. The third kappa shape index (κ3) is 2.88. The van der Waals surface area contributed by atoms with E-state index >= 15 is 0 Å². The van der Waals surface area contributed by atoms with Crippen molar-refractivity contribution >= 4 is 22.6 Å². The van der Waals surface area contributed by atoms with Crippen molar-refractivity contribution in [3.8, 4) is 0 Å². The lowest BCUT2D eigenvalue weighted by molar-refractivity contribution is 0.102. The minimum absolute atomic E-state index is 0.284. The molecule has 0 atom stereocenters. The molecule has 2 aromatic heterocycles. The van der Waals surface area contributed by atoms with Gasteiger partial charge in [-0.25, -0.2) is 9.97 Å². The number of hydrogen-bond acceptors (Lipinski definition) is 4. The summed E-state index contributed by atoms with van der Waals surface area (Å²) >= 11 is 0. The van der Waals surface area contributed by atoms with Crippen LogP contribution < -0.4 is 11.1 Å². The molecule has 3 N–H and O–H groups in total. The van der Waals surface area contributed by atoms with Crippen LogP contribution in [0, 0.1) is 0 Å². The predicted octanol–water partition coefficient (Wildman–Crippen LogP) is 2.34. The number of amides is 1. The third-order valence-electron chi connectivity index (χ3n) is 3.13. The first kappa shape index (κ1) is 13.2. The van der Waals surface area contributed by atoms with E-state index in [9.17, 15) is 4.79 Å². The smallest absolute Gasteiger partial charge is 0.275 e. The molecule has 0 fully saturated rings. The van der Waals surface area contributed by atoms with Gasteiger partial charge in [-0.2, -0.15) is 0 Å². The van der Waals surface area contributed by atoms with Crippen LogP contribution in [0.3, 0.4) is 0 Å². The number of carbonyl (C=O) groups is 1. The van der Waals surface area contributed by atoms with Gasteiger partial charge in [0, 0.05) is 18.1 Å². The fourth-order valence-corrected chi connectivity index (χ4v) is 1.99. The number of rotatable bonds is 3. The highest BCUT2D eigenvalue weighted by Gasteiger charge is 2.09. The van der Waals surface area contributed by atoms with Crippen LogP contribution in [0.25, 0.3) is 10.9 Å². The summed E-state index contributed by atoms with van der Waals surface area (Å²) in [6.45, 7) is 0.424. The molecule has 3 aromatic rings. The maximum atomic E-state index is 12.2. The quantitative estimate of drug-likeness (QED) is 0.770. The summed E-state index contributed by atoms with van der Waals surface area (Å²) < 4.78 is 0. The maximum Gasteiger partial charge on any atom is 0.275 e. The molecule has 21 heavy (non-hydrogen) atoms. The van der Waals surface area contributed by atoms with E-state index in [1.54, 1.807) is 18.3 Å². The number of nitrogens with zero attached hydrogens (tertiary/aromatic N) is 2. The standard InChI is InChI=1S/C16H14N4O/c17-9-11-5-8-15(18-10-11)20-16(21)14-7-6-12-3-1-2-4-13(12)19-14/h1-8,10H,9,17H2,(H,18,20,21). The number of anilines is 1. The number of carbonyl (C=O) groups excluding carboxylic acids is 1. The minimum atomic E-state index is -0.284. The second-order valence-electron chi connectivity index (χ2n) is 4.60. The van der Waals surface area contributed by atoms with E-state index in [0.717, 1.165) is 16.5 Å². The van der Waals surface area contributed by atoms with Crippen LogP contribution in [0.1, 0.15) is 16.1 Å². The Morgan fingerprint density at radius 3 is 2.71 bits per heavy atom. The molecule has 0 unspecified atom stereocenters. The van der Waals surface area contributed by atoms with Crippen LogP contribution in [0.4, 0.5) is 5.82 Å². The van der Waals surface area contributed by atoms with E-state index in [0.29, 0.717) is 18.1 Å². The van der Waals surface area contributed by atoms with Gasteiger partial charge in [-0.15, -0.1) is 0 Å². The molecule has 0 aliphatic rings. The Labute approximate surface area is 121 Å². The van der Waals surface area contributed by atoms with Crippen molar-refractivity contribution in [3.63, 3.8) is 0 Å². The second-order valence-corrected chi connectivity index (χ2v) is 4.60. The largest absolute Gasteiger partial charge is 0.326 e. The van der Waals surface area contributed by atoms with Crippen molar-refractivity contribution in [1.29, 1.82) is 0 Å². The highest BCUT2D eigenvalue weighted by molar-refractivity contribution is 6.03. The lowest BCUT2D eigenvalue weighted by Crippen LogP contribution is -2.14. The maximum absolute atomic E-state index is 12.2. The molecule has 0 bridgehead atoms. The molecule has 5 heteroatoms. The normalized spacial score (nSPS) is 10.5. The SMILES string of the molecule is NCc1ccc(NC(=O)c2ccc3ccccc3n2)nc1. The van der Waals surface area contributed by atoms with Crippen LogP contribution in [-0.2, 0) is 6.54 Å². The Bertz CT molecular complexity index is 784. The molecular weight excluding hydrogens is 264 g/mol. The van der Waals surface area contributed by atoms with Crippen molar-refractivity contribution in [2.75, 3.05) is 5.32 Å². The third-order valence-corrected chi connectivity index (χ3v) is 3.13. The Kier molecular flexibility index (Phi) is 3.57. The zero-order chi connectivity index (χ0) is 14.7. The van der Waals surface area contributed by atoms with Gasteiger partial charge in [-0.1, -0.05) is 30.3 Å². The Morgan fingerprint density at radius 2 is 1.95 bits per heavy atom. The van der Waals surface area contributed by atoms with E-state index in [1.165, 1.54) is 0 Å². The van der Waals surface area contributed by atoms with E-state index in [2.05, 4.69) is 15.3 Å². The van der Waals surface area contributed by atoms with Crippen molar-refractivity contribution in [3.05, 3.63) is 66.0 Å². The molecule has 2 heterocycles. The number of para-hydroxylation sites is 1. The average molecular weight is 278 g/mol. The molecule has 0 saturated heterocycles. The predicted molar refractivity (Wildman–Crippen MR) is 81.8 cm³/mol. The van der Waals surface area contributed by atoms with Gasteiger partial charge in [0.1, 0.15) is 11.5 Å². The highest BCUT2D eigenvalue weighted by Crippen LogP contribution is 2.13. The number of nitrogens with two attached hydrogens (primary N) is 1. The molecule has 0 radical (unpaired) electrons. The lowest BCUT2D eigenvalue weighted by atomic mass is 10.2. The van der Waals surface area contributed by atoms with Gasteiger partial charge in [0.15, 0.2) is 0 Å². The van der Waals surface area contributed by atoms with Crippen LogP contribution in [0.2, 0.25) is 0 Å². The van der Waals surface area contributed by atoms with E-state index in [-0.39, 0.29) is 5.91 Å². The molecule has 1 aromatic carbocycles. The van der Waals surface area contributed by atoms with Gasteiger partial charge in [-0.3, -0.25) is 4.79 Å². The summed E-state index contributed by atoms with van der Waals surface area (Å²) in [5.74, 6) is 0.195. The number of pyridine rings is 2. The van der Waals surface area contributed by atoms with Crippen LogP contribution in [-0.4, -0.2) is 15.9 Å². The monoisotopic (exact) mass is 278 g/mol. The van der Waals surface area contributed by atoms with Gasteiger partial charge < -0.3 is 11.1 Å². The molecule has 1 amide bonds. The minimum Gasteiger partial charge on any atom is -0.326 e. The van der Waals surface area contributed by atoms with Gasteiger partial charge in [0.2, 0.25) is 0 Å². The molecule has 0 spiro atoms. The molecule has 104 valence electrons. The molecule has 5 nitrogen and oxygen atoms in total. The summed E-state index contributed by atoms with van der Waals surface area (Å²) in [6, 6.07) is 14.8. The zero-order valence-corrected chi connectivity index (χ0v) is 11.3. The molecule has 3 rings (SSSR count). The fraction of sp³-hybridized carbons (Fsp3) is 0.0625. The number of hydrogen-bond donors (Lipinski definition) is 2. The highest BCUT2D eigenvalue weighted by atomic mass is 16.1. The van der Waals surface area contributed by atoms with E-state index in [1.807, 2.05) is 36.4 Å². The molecule has 0 aliphatic carbocycles. The van der Waals surface area contributed by atoms with Gasteiger partial charge >= 0.3 is 0 Å². The van der Waals surface area contributed by atoms with Gasteiger partial charge in [0.25, 0.3) is 5.91 Å². The number of nitrogens with one attached hydrogen (secondary N) is 1. The topological polar surface area (TPSA) is 80.9 Å². The van der Waals surface area contributed by atoms with Gasteiger partial charge in [-0.05, 0) is 23.8 Å². The summed E-state index contributed by atoms with van der Waals surface area (Å²) in [5, 5.41) is 3.72. The van der Waals surface area contributed by atoms with Crippen LogP contribution in [0.5, 0.6) is 0 Å². The first-order valence-corrected chi connectivity index (χ1v) is 6.58. The second kappa shape index (κ2) is 5.68. The molecule has 0 aliphatic heterocycles. The summed E-state index contributed by atoms with van der Waals surface area (Å²) in [4.78, 5) is 20.7. The van der Waals surface area contributed by atoms with Gasteiger partial charge in [0.05, 0.1) is 5.52 Å². The summed E-state index contributed by atoms with van der Waals surface area (Å²) in [6.07, 6.45) is 1.64. The summed E-state index contributed by atoms with van der Waals surface area (Å²) in [5.41, 5.74) is 7.57. The average Bonchev–Trinajstić information content (AvgIpc) is 2.55. The van der Waals surface area contributed by atoms with Crippen molar-refractivity contribution in [2.45, 2.75) is 6.54 Å². The van der Waals surface area contributed by atoms with Crippen LogP contribution in [0.15, 0.2) is 54.7 Å². The Hall–Kier alpha value is -2.79. The summed E-state index contributed by atoms with van der Waals surface area (Å²) in [7, 11) is 0. The van der Waals surface area contributed by atoms with Crippen molar-refractivity contribution < 1.29 is 4.79 Å². The van der Waals surface area contributed by atoms with E-state index in [4.69, 9.17) is 5.73 Å². The molecular formula is C16H14N4O. The molecule has 0 saturated carbocycles. The lowest BCUT2D eigenvalue weighted by Gasteiger charge is -2.05. The number of fused-ring (bicyclic) bond motifs is 1. The van der Waals surface area contributed by atoms with Crippen LogP contribution >= 0.6 is 0 Å². The fourth-order valence-electron chi connectivity index (χ4n) is 1.99. The first-order chi connectivity index (χ1) is 10.3.